The molecule has 6 heteroatoms. The lowest BCUT2D eigenvalue weighted by Crippen LogP contribution is -2.20. The first-order valence-electron chi connectivity index (χ1n) is 6.22. The Labute approximate surface area is 106 Å². The van der Waals surface area contributed by atoms with Crippen molar-refractivity contribution in [2.24, 2.45) is 0 Å². The van der Waals surface area contributed by atoms with Gasteiger partial charge >= 0.3 is 0 Å². The van der Waals surface area contributed by atoms with Crippen molar-refractivity contribution in [3.05, 3.63) is 11.4 Å². The van der Waals surface area contributed by atoms with Crippen LogP contribution in [0.5, 0.6) is 0 Å². The highest BCUT2D eigenvalue weighted by molar-refractivity contribution is 5.19. The van der Waals surface area contributed by atoms with E-state index in [1.54, 1.807) is 7.11 Å². The summed E-state index contributed by atoms with van der Waals surface area (Å²) in [5.41, 5.74) is 1.90. The molecule has 0 bridgehead atoms. The van der Waals surface area contributed by atoms with Crippen LogP contribution in [0.25, 0.3) is 0 Å². The molecule has 0 radical (unpaired) electrons. The van der Waals surface area contributed by atoms with Crippen LogP contribution in [0.3, 0.4) is 0 Å². The van der Waals surface area contributed by atoms with Crippen molar-refractivity contribution in [1.82, 2.24) is 15.0 Å². The monoisotopic (exact) mass is 250 g/mol. The molecule has 0 atom stereocenters. The average Bonchev–Trinajstić information content (AvgIpc) is 2.81. The van der Waals surface area contributed by atoms with Crippen LogP contribution in [0, 0.1) is 11.3 Å². The number of methoxy groups -OCH3 is 1. The molecule has 0 aliphatic carbocycles. The Hall–Kier alpha value is -1.45. The van der Waals surface area contributed by atoms with Gasteiger partial charge in [0, 0.05) is 26.2 Å². The highest BCUT2D eigenvalue weighted by Gasteiger charge is 2.24. The lowest BCUT2D eigenvalue weighted by molar-refractivity contribution is 0.0828. The summed E-state index contributed by atoms with van der Waals surface area (Å²) in [7, 11) is 1.67. The van der Waals surface area contributed by atoms with Gasteiger partial charge in [0.25, 0.3) is 0 Å². The van der Waals surface area contributed by atoms with Crippen molar-refractivity contribution in [2.75, 3.05) is 26.9 Å². The molecule has 1 aromatic rings. The summed E-state index contributed by atoms with van der Waals surface area (Å²) in [6, 6.07) is 2.15. The summed E-state index contributed by atoms with van der Waals surface area (Å²) in [6.07, 6.45) is 2.26. The first-order chi connectivity index (χ1) is 8.86. The van der Waals surface area contributed by atoms with Gasteiger partial charge in [0.15, 0.2) is 0 Å². The largest absolute Gasteiger partial charge is 0.383 e. The van der Waals surface area contributed by atoms with E-state index in [9.17, 15) is 0 Å². The third-order valence-corrected chi connectivity index (χ3v) is 3.21. The van der Waals surface area contributed by atoms with Crippen molar-refractivity contribution in [1.29, 1.82) is 5.26 Å². The molecule has 98 valence electrons. The Kier molecular flexibility index (Phi) is 4.67. The smallest absolute Gasteiger partial charge is 0.100 e. The Bertz CT molecular complexity index is 418. The van der Waals surface area contributed by atoms with E-state index in [1.165, 1.54) is 0 Å². The van der Waals surface area contributed by atoms with E-state index in [2.05, 4.69) is 16.4 Å². The summed E-state index contributed by atoms with van der Waals surface area (Å²) in [4.78, 5) is 0. The van der Waals surface area contributed by atoms with Crippen LogP contribution in [-0.4, -0.2) is 41.9 Å². The van der Waals surface area contributed by atoms with Crippen LogP contribution in [0.4, 0.5) is 0 Å². The Morgan fingerprint density at radius 2 is 2.28 bits per heavy atom. The molecule has 1 saturated heterocycles. The van der Waals surface area contributed by atoms with E-state index in [4.69, 9.17) is 14.7 Å². The van der Waals surface area contributed by atoms with Gasteiger partial charge in [-0.25, -0.2) is 4.68 Å². The molecule has 1 fully saturated rings. The quantitative estimate of drug-likeness (QED) is 0.775. The maximum Gasteiger partial charge on any atom is 0.100 e. The maximum atomic E-state index is 8.85. The van der Waals surface area contributed by atoms with Crippen molar-refractivity contribution in [2.45, 2.75) is 31.7 Å². The lowest BCUT2D eigenvalue weighted by atomic mass is 9.94. The van der Waals surface area contributed by atoms with E-state index in [0.29, 0.717) is 25.5 Å². The van der Waals surface area contributed by atoms with Gasteiger partial charge in [0.2, 0.25) is 0 Å². The number of rotatable bonds is 5. The number of nitriles is 1. The Morgan fingerprint density at radius 3 is 2.94 bits per heavy atom. The number of hydrogen-bond donors (Lipinski definition) is 0. The second kappa shape index (κ2) is 6.47. The van der Waals surface area contributed by atoms with Gasteiger partial charge in [-0.15, -0.1) is 5.10 Å². The lowest BCUT2D eigenvalue weighted by Gasteiger charge is -2.23. The average molecular weight is 250 g/mol. The van der Waals surface area contributed by atoms with Crippen LogP contribution in [0.15, 0.2) is 0 Å². The zero-order valence-electron chi connectivity index (χ0n) is 10.6. The van der Waals surface area contributed by atoms with Gasteiger partial charge in [-0.3, -0.25) is 0 Å². The fourth-order valence-corrected chi connectivity index (χ4v) is 2.32. The first-order valence-corrected chi connectivity index (χ1v) is 6.22. The van der Waals surface area contributed by atoms with E-state index in [1.807, 2.05) is 4.68 Å². The predicted octanol–water partition coefficient (Wildman–Crippen LogP) is 0.885. The number of aromatic nitrogens is 3. The third kappa shape index (κ3) is 2.86. The standard InChI is InChI=1S/C12H18N4O2/c1-17-9-6-16-12(10-3-7-18-8-4-10)11(2-5-13)14-15-16/h10H,2-4,6-9H2,1H3. The van der Waals surface area contributed by atoms with Gasteiger partial charge in [-0.05, 0) is 12.8 Å². The summed E-state index contributed by atoms with van der Waals surface area (Å²) in [6.45, 7) is 2.82. The first kappa shape index (κ1) is 13.0. The molecule has 0 saturated carbocycles. The molecule has 1 aliphatic rings. The van der Waals surface area contributed by atoms with Crippen LogP contribution >= 0.6 is 0 Å². The normalized spacial score (nSPS) is 16.7. The highest BCUT2D eigenvalue weighted by Crippen LogP contribution is 2.28. The molecule has 18 heavy (non-hydrogen) atoms. The number of nitrogens with zero attached hydrogens (tertiary/aromatic N) is 4. The molecule has 2 heterocycles. The summed E-state index contributed by atoms with van der Waals surface area (Å²) < 4.78 is 12.3. The Morgan fingerprint density at radius 1 is 1.50 bits per heavy atom. The minimum Gasteiger partial charge on any atom is -0.383 e. The molecular weight excluding hydrogens is 232 g/mol. The van der Waals surface area contributed by atoms with Crippen molar-refractivity contribution in [3.63, 3.8) is 0 Å². The van der Waals surface area contributed by atoms with E-state index in [-0.39, 0.29) is 0 Å². The van der Waals surface area contributed by atoms with Crippen molar-refractivity contribution in [3.8, 4) is 6.07 Å². The van der Waals surface area contributed by atoms with Crippen molar-refractivity contribution < 1.29 is 9.47 Å². The molecule has 0 amide bonds. The molecule has 2 rings (SSSR count). The summed E-state index contributed by atoms with van der Waals surface area (Å²) >= 11 is 0. The molecule has 0 unspecified atom stereocenters. The SMILES string of the molecule is COCCn1nnc(CC#N)c1C1CCOCC1. The molecule has 1 aromatic heterocycles. The van der Waals surface area contributed by atoms with Gasteiger partial charge in [0.05, 0.1) is 31.3 Å². The number of ether oxygens (including phenoxy) is 2. The van der Waals surface area contributed by atoms with Gasteiger partial charge in [-0.2, -0.15) is 5.26 Å². The minimum atomic E-state index is 0.319. The molecule has 0 aromatic carbocycles. The summed E-state index contributed by atoms with van der Waals surface area (Å²) in [5.74, 6) is 0.397. The molecule has 1 aliphatic heterocycles. The maximum absolute atomic E-state index is 8.85. The minimum absolute atomic E-state index is 0.319. The Balaban J connectivity index is 2.21. The van der Waals surface area contributed by atoms with Crippen LogP contribution in [0.1, 0.15) is 30.1 Å². The molecule has 6 nitrogen and oxygen atoms in total. The van der Waals surface area contributed by atoms with E-state index >= 15 is 0 Å². The topological polar surface area (TPSA) is 73.0 Å². The fourth-order valence-electron chi connectivity index (χ4n) is 2.32. The second-order valence-corrected chi connectivity index (χ2v) is 4.36. The second-order valence-electron chi connectivity index (χ2n) is 4.36. The van der Waals surface area contributed by atoms with Gasteiger partial charge < -0.3 is 9.47 Å². The summed E-state index contributed by atoms with van der Waals surface area (Å²) in [5, 5.41) is 17.1. The zero-order chi connectivity index (χ0) is 12.8. The zero-order valence-corrected chi connectivity index (χ0v) is 10.6. The number of hydrogen-bond acceptors (Lipinski definition) is 5. The molecular formula is C12H18N4O2. The molecule has 0 spiro atoms. The molecule has 0 N–H and O–H groups in total. The predicted molar refractivity (Wildman–Crippen MR) is 64.0 cm³/mol. The van der Waals surface area contributed by atoms with Crippen molar-refractivity contribution >= 4 is 0 Å². The third-order valence-electron chi connectivity index (χ3n) is 3.21. The van der Waals surface area contributed by atoms with Crippen LogP contribution < -0.4 is 0 Å². The fraction of sp³-hybridized carbons (Fsp3) is 0.750. The highest BCUT2D eigenvalue weighted by atomic mass is 16.5. The van der Waals surface area contributed by atoms with E-state index < -0.39 is 0 Å². The van der Waals surface area contributed by atoms with Gasteiger partial charge in [0.1, 0.15) is 5.69 Å². The van der Waals surface area contributed by atoms with Crippen LogP contribution in [0.2, 0.25) is 0 Å². The van der Waals surface area contributed by atoms with Crippen LogP contribution in [-0.2, 0) is 22.4 Å². The van der Waals surface area contributed by atoms with Gasteiger partial charge in [-0.1, -0.05) is 5.21 Å². The van der Waals surface area contributed by atoms with E-state index in [0.717, 1.165) is 37.4 Å².